The third kappa shape index (κ3) is 8.55. The van der Waals surface area contributed by atoms with Crippen LogP contribution in [-0.4, -0.2) is 77.8 Å². The average molecular weight is 276 g/mol. The molecule has 0 heterocycles. The summed E-state index contributed by atoms with van der Waals surface area (Å²) in [5.74, 6) is 0. The van der Waals surface area contributed by atoms with Gasteiger partial charge < -0.3 is 19.5 Å². The highest BCUT2D eigenvalue weighted by Gasteiger charge is 2.23. The van der Waals surface area contributed by atoms with E-state index in [1.54, 1.807) is 21.3 Å². The summed E-state index contributed by atoms with van der Waals surface area (Å²) in [6.45, 7) is 9.38. The molecule has 0 aromatic rings. The monoisotopic (exact) mass is 276 g/mol. The SMILES string of the molecule is CCCNCC(COC)N(CCOC)C(C)COC. The highest BCUT2D eigenvalue weighted by atomic mass is 16.5. The van der Waals surface area contributed by atoms with E-state index in [4.69, 9.17) is 14.2 Å². The van der Waals surface area contributed by atoms with Crippen molar-refractivity contribution in [1.82, 2.24) is 10.2 Å². The summed E-state index contributed by atoms with van der Waals surface area (Å²) >= 11 is 0. The summed E-state index contributed by atoms with van der Waals surface area (Å²) in [4.78, 5) is 2.40. The van der Waals surface area contributed by atoms with E-state index >= 15 is 0 Å². The zero-order chi connectivity index (χ0) is 14.5. The fourth-order valence-electron chi connectivity index (χ4n) is 2.21. The summed E-state index contributed by atoms with van der Waals surface area (Å²) in [7, 11) is 5.23. The van der Waals surface area contributed by atoms with Crippen molar-refractivity contribution in [3.8, 4) is 0 Å². The molecule has 0 aliphatic carbocycles. The average Bonchev–Trinajstić information content (AvgIpc) is 2.39. The highest BCUT2D eigenvalue weighted by molar-refractivity contribution is 4.78. The number of nitrogens with zero attached hydrogens (tertiary/aromatic N) is 1. The van der Waals surface area contributed by atoms with Crippen LogP contribution < -0.4 is 5.32 Å². The van der Waals surface area contributed by atoms with Crippen molar-refractivity contribution >= 4 is 0 Å². The Kier molecular flexibility index (Phi) is 12.7. The van der Waals surface area contributed by atoms with Crippen LogP contribution in [0.2, 0.25) is 0 Å². The molecular formula is C14H32N2O3. The quantitative estimate of drug-likeness (QED) is 0.508. The lowest BCUT2D eigenvalue weighted by Gasteiger charge is -2.36. The first-order valence-corrected chi connectivity index (χ1v) is 7.14. The number of hydrogen-bond donors (Lipinski definition) is 1. The molecule has 0 fully saturated rings. The van der Waals surface area contributed by atoms with Crippen molar-refractivity contribution < 1.29 is 14.2 Å². The highest BCUT2D eigenvalue weighted by Crippen LogP contribution is 2.07. The Balaban J connectivity index is 4.49. The van der Waals surface area contributed by atoms with E-state index in [1.165, 1.54) is 0 Å². The first-order chi connectivity index (χ1) is 9.21. The van der Waals surface area contributed by atoms with Gasteiger partial charge >= 0.3 is 0 Å². The largest absolute Gasteiger partial charge is 0.383 e. The van der Waals surface area contributed by atoms with Crippen LogP contribution in [-0.2, 0) is 14.2 Å². The molecule has 116 valence electrons. The molecule has 19 heavy (non-hydrogen) atoms. The van der Waals surface area contributed by atoms with Gasteiger partial charge in [-0.2, -0.15) is 0 Å². The second kappa shape index (κ2) is 12.8. The van der Waals surface area contributed by atoms with Crippen molar-refractivity contribution in [2.45, 2.75) is 32.4 Å². The third-order valence-electron chi connectivity index (χ3n) is 3.16. The lowest BCUT2D eigenvalue weighted by atomic mass is 10.2. The molecule has 0 saturated heterocycles. The van der Waals surface area contributed by atoms with E-state index < -0.39 is 0 Å². The van der Waals surface area contributed by atoms with E-state index in [0.717, 1.165) is 39.3 Å². The minimum atomic E-state index is 0.344. The van der Waals surface area contributed by atoms with Crippen molar-refractivity contribution in [3.63, 3.8) is 0 Å². The van der Waals surface area contributed by atoms with Crippen LogP contribution in [0.4, 0.5) is 0 Å². The van der Waals surface area contributed by atoms with Gasteiger partial charge in [0.1, 0.15) is 0 Å². The van der Waals surface area contributed by atoms with Crippen LogP contribution in [0.3, 0.4) is 0 Å². The molecule has 0 bridgehead atoms. The topological polar surface area (TPSA) is 43.0 Å². The Hall–Kier alpha value is -0.200. The predicted octanol–water partition coefficient (Wildman–Crippen LogP) is 0.984. The van der Waals surface area contributed by atoms with E-state index in [1.807, 2.05) is 0 Å². The zero-order valence-corrected chi connectivity index (χ0v) is 13.3. The van der Waals surface area contributed by atoms with Crippen molar-refractivity contribution in [2.24, 2.45) is 0 Å². The summed E-state index contributed by atoms with van der Waals surface area (Å²) in [6, 6.07) is 0.695. The molecule has 0 aliphatic heterocycles. The molecule has 0 aromatic carbocycles. The summed E-state index contributed by atoms with van der Waals surface area (Å²) in [5.41, 5.74) is 0. The van der Waals surface area contributed by atoms with Gasteiger partial charge in [-0.25, -0.2) is 0 Å². The van der Waals surface area contributed by atoms with Crippen molar-refractivity contribution in [1.29, 1.82) is 0 Å². The number of methoxy groups -OCH3 is 3. The molecule has 1 N–H and O–H groups in total. The van der Waals surface area contributed by atoms with E-state index in [2.05, 4.69) is 24.1 Å². The van der Waals surface area contributed by atoms with Crippen molar-refractivity contribution in [3.05, 3.63) is 0 Å². The lowest BCUT2D eigenvalue weighted by molar-refractivity contribution is 0.0176. The molecule has 0 rings (SSSR count). The zero-order valence-electron chi connectivity index (χ0n) is 13.3. The van der Waals surface area contributed by atoms with Gasteiger partial charge in [-0.05, 0) is 19.9 Å². The van der Waals surface area contributed by atoms with Crippen LogP contribution in [0, 0.1) is 0 Å². The number of ether oxygens (including phenoxy) is 3. The number of hydrogen-bond acceptors (Lipinski definition) is 5. The molecule has 0 spiro atoms. The molecule has 0 aromatic heterocycles. The van der Waals surface area contributed by atoms with Crippen LogP contribution in [0.25, 0.3) is 0 Å². The Labute approximate surface area is 118 Å². The number of nitrogens with one attached hydrogen (secondary N) is 1. The normalized spacial score (nSPS) is 14.8. The second-order valence-electron chi connectivity index (χ2n) is 4.85. The second-order valence-corrected chi connectivity index (χ2v) is 4.85. The Morgan fingerprint density at radius 1 is 1.05 bits per heavy atom. The van der Waals surface area contributed by atoms with Gasteiger partial charge in [-0.3, -0.25) is 4.90 Å². The van der Waals surface area contributed by atoms with Gasteiger partial charge in [0, 0.05) is 46.5 Å². The molecular weight excluding hydrogens is 244 g/mol. The maximum atomic E-state index is 5.36. The molecule has 2 atom stereocenters. The first-order valence-electron chi connectivity index (χ1n) is 7.14. The Morgan fingerprint density at radius 2 is 1.74 bits per heavy atom. The third-order valence-corrected chi connectivity index (χ3v) is 3.16. The van der Waals surface area contributed by atoms with Gasteiger partial charge in [0.2, 0.25) is 0 Å². The Morgan fingerprint density at radius 3 is 2.26 bits per heavy atom. The Bertz CT molecular complexity index is 194. The number of rotatable bonds is 13. The first kappa shape index (κ1) is 18.8. The lowest BCUT2D eigenvalue weighted by Crippen LogP contribution is -2.51. The summed E-state index contributed by atoms with van der Waals surface area (Å²) in [6.07, 6.45) is 1.14. The van der Waals surface area contributed by atoms with E-state index in [9.17, 15) is 0 Å². The fraction of sp³-hybridized carbons (Fsp3) is 1.00. The smallest absolute Gasteiger partial charge is 0.0630 e. The van der Waals surface area contributed by atoms with Gasteiger partial charge in [0.15, 0.2) is 0 Å². The van der Waals surface area contributed by atoms with E-state index in [0.29, 0.717) is 18.7 Å². The molecule has 0 radical (unpaired) electrons. The van der Waals surface area contributed by atoms with Crippen LogP contribution in [0.15, 0.2) is 0 Å². The minimum absolute atomic E-state index is 0.344. The van der Waals surface area contributed by atoms with Crippen LogP contribution >= 0.6 is 0 Å². The standard InChI is InChI=1S/C14H32N2O3/c1-6-7-15-10-14(12-19-5)16(8-9-17-3)13(2)11-18-4/h13-15H,6-12H2,1-5H3. The molecule has 0 amide bonds. The molecule has 5 heteroatoms. The van der Waals surface area contributed by atoms with Gasteiger partial charge in [-0.1, -0.05) is 6.92 Å². The molecule has 2 unspecified atom stereocenters. The maximum absolute atomic E-state index is 5.36. The predicted molar refractivity (Wildman–Crippen MR) is 78.7 cm³/mol. The van der Waals surface area contributed by atoms with Crippen LogP contribution in [0.5, 0.6) is 0 Å². The van der Waals surface area contributed by atoms with E-state index in [-0.39, 0.29) is 0 Å². The summed E-state index contributed by atoms with van der Waals surface area (Å²) in [5, 5.41) is 3.47. The summed E-state index contributed by atoms with van der Waals surface area (Å²) < 4.78 is 15.8. The minimum Gasteiger partial charge on any atom is -0.383 e. The van der Waals surface area contributed by atoms with Gasteiger partial charge in [-0.15, -0.1) is 0 Å². The fourth-order valence-corrected chi connectivity index (χ4v) is 2.21. The molecule has 5 nitrogen and oxygen atoms in total. The van der Waals surface area contributed by atoms with Crippen molar-refractivity contribution in [2.75, 3.05) is 60.8 Å². The maximum Gasteiger partial charge on any atom is 0.0630 e. The molecule has 0 aliphatic rings. The van der Waals surface area contributed by atoms with Gasteiger partial charge in [0.25, 0.3) is 0 Å². The van der Waals surface area contributed by atoms with Gasteiger partial charge in [0.05, 0.1) is 19.8 Å². The van der Waals surface area contributed by atoms with Crippen LogP contribution in [0.1, 0.15) is 20.3 Å². The molecule has 0 saturated carbocycles.